The summed E-state index contributed by atoms with van der Waals surface area (Å²) in [6.07, 6.45) is 6.15. The third-order valence-corrected chi connectivity index (χ3v) is 3.56. The van der Waals surface area contributed by atoms with Crippen LogP contribution in [0.5, 0.6) is 11.6 Å². The van der Waals surface area contributed by atoms with Crippen molar-refractivity contribution in [3.63, 3.8) is 0 Å². The highest BCUT2D eigenvalue weighted by Gasteiger charge is 2.37. The molecule has 1 saturated carbocycles. The smallest absolute Gasteiger partial charge is 0.260 e. The van der Waals surface area contributed by atoms with E-state index in [-0.39, 0.29) is 5.41 Å². The predicted octanol–water partition coefficient (Wildman–Crippen LogP) is 1.26. The maximum absolute atomic E-state index is 5.91. The zero-order valence-corrected chi connectivity index (χ0v) is 10.4. The second-order valence-electron chi connectivity index (χ2n) is 4.46. The average Bonchev–Trinajstić information content (AvgIpc) is 2.88. The van der Waals surface area contributed by atoms with E-state index < -0.39 is 0 Å². The molecule has 17 heavy (non-hydrogen) atoms. The van der Waals surface area contributed by atoms with Crippen LogP contribution in [0.15, 0.2) is 6.20 Å². The van der Waals surface area contributed by atoms with Gasteiger partial charge in [-0.25, -0.2) is 4.98 Å². The predicted molar refractivity (Wildman–Crippen MR) is 64.3 cm³/mol. The van der Waals surface area contributed by atoms with Crippen molar-refractivity contribution in [2.45, 2.75) is 31.1 Å². The Kier molecular flexibility index (Phi) is 3.47. The number of ether oxygens (including phenoxy) is 2. The number of aromatic nitrogens is 2. The van der Waals surface area contributed by atoms with Crippen molar-refractivity contribution in [2.24, 2.45) is 5.73 Å². The van der Waals surface area contributed by atoms with Crippen molar-refractivity contribution in [3.8, 4) is 11.6 Å². The molecule has 0 aliphatic heterocycles. The Bertz CT molecular complexity index is 389. The van der Waals surface area contributed by atoms with E-state index in [1.54, 1.807) is 20.4 Å². The average molecular weight is 237 g/mol. The minimum atomic E-state index is -0.0699. The summed E-state index contributed by atoms with van der Waals surface area (Å²) in [5.74, 6) is 1.83. The highest BCUT2D eigenvalue weighted by atomic mass is 16.5. The molecule has 0 amide bonds. The van der Waals surface area contributed by atoms with Crippen LogP contribution in [0.3, 0.4) is 0 Å². The van der Waals surface area contributed by atoms with E-state index in [1.165, 1.54) is 12.8 Å². The Labute approximate surface area is 101 Å². The highest BCUT2D eigenvalue weighted by Crippen LogP contribution is 2.39. The summed E-state index contributed by atoms with van der Waals surface area (Å²) in [6, 6.07) is 0. The van der Waals surface area contributed by atoms with Gasteiger partial charge in [0.25, 0.3) is 5.88 Å². The summed E-state index contributed by atoms with van der Waals surface area (Å²) >= 11 is 0. The summed E-state index contributed by atoms with van der Waals surface area (Å²) in [4.78, 5) is 8.84. The van der Waals surface area contributed by atoms with Gasteiger partial charge in [0, 0.05) is 12.0 Å². The fourth-order valence-electron chi connectivity index (χ4n) is 2.47. The molecule has 1 aliphatic carbocycles. The van der Waals surface area contributed by atoms with E-state index in [9.17, 15) is 0 Å². The lowest BCUT2D eigenvalue weighted by atomic mass is 9.85. The number of methoxy groups -OCH3 is 2. The molecule has 0 unspecified atom stereocenters. The Hall–Kier alpha value is -1.36. The molecule has 1 aliphatic rings. The van der Waals surface area contributed by atoms with Crippen molar-refractivity contribution < 1.29 is 9.47 Å². The van der Waals surface area contributed by atoms with Crippen LogP contribution in [-0.4, -0.2) is 30.7 Å². The van der Waals surface area contributed by atoms with Crippen molar-refractivity contribution in [1.29, 1.82) is 0 Å². The lowest BCUT2D eigenvalue weighted by Gasteiger charge is -2.25. The standard InChI is InChI=1S/C12H19N3O2/c1-16-9-7-14-11(15-10(9)17-2)12(8-13)5-3-4-6-12/h7H,3-6,8,13H2,1-2H3. The Morgan fingerprint density at radius 2 is 2.00 bits per heavy atom. The molecule has 5 nitrogen and oxygen atoms in total. The molecule has 0 radical (unpaired) electrons. The van der Waals surface area contributed by atoms with Crippen LogP contribution in [0.25, 0.3) is 0 Å². The Balaban J connectivity index is 2.38. The second kappa shape index (κ2) is 4.87. The zero-order valence-electron chi connectivity index (χ0n) is 10.4. The van der Waals surface area contributed by atoms with Gasteiger partial charge in [0.15, 0.2) is 5.75 Å². The van der Waals surface area contributed by atoms with Gasteiger partial charge in [-0.1, -0.05) is 12.8 Å². The maximum atomic E-state index is 5.91. The van der Waals surface area contributed by atoms with Crippen LogP contribution >= 0.6 is 0 Å². The number of rotatable bonds is 4. The quantitative estimate of drug-likeness (QED) is 0.853. The maximum Gasteiger partial charge on any atom is 0.260 e. The highest BCUT2D eigenvalue weighted by molar-refractivity contribution is 5.32. The molecule has 0 saturated heterocycles. The molecular formula is C12H19N3O2. The third-order valence-electron chi connectivity index (χ3n) is 3.56. The van der Waals surface area contributed by atoms with Gasteiger partial charge in [0.1, 0.15) is 5.82 Å². The van der Waals surface area contributed by atoms with Gasteiger partial charge in [0.05, 0.1) is 20.4 Å². The van der Waals surface area contributed by atoms with Crippen LogP contribution in [0.4, 0.5) is 0 Å². The summed E-state index contributed by atoms with van der Waals surface area (Å²) in [7, 11) is 3.16. The monoisotopic (exact) mass is 237 g/mol. The minimum Gasteiger partial charge on any atom is -0.490 e. The first kappa shape index (κ1) is 12.1. The molecule has 5 heteroatoms. The van der Waals surface area contributed by atoms with E-state index in [1.807, 2.05) is 0 Å². The molecule has 0 spiro atoms. The van der Waals surface area contributed by atoms with Gasteiger partial charge in [-0.05, 0) is 12.8 Å². The topological polar surface area (TPSA) is 70.3 Å². The first-order chi connectivity index (χ1) is 8.25. The summed E-state index contributed by atoms with van der Waals surface area (Å²) in [6.45, 7) is 0.586. The normalized spacial score (nSPS) is 18.1. The van der Waals surface area contributed by atoms with Gasteiger partial charge in [-0.2, -0.15) is 4.98 Å². The van der Waals surface area contributed by atoms with E-state index in [0.29, 0.717) is 18.2 Å². The molecule has 1 aromatic rings. The first-order valence-corrected chi connectivity index (χ1v) is 5.91. The SMILES string of the molecule is COc1cnc(C2(CN)CCCC2)nc1OC. The Morgan fingerprint density at radius 1 is 1.29 bits per heavy atom. The molecular weight excluding hydrogens is 218 g/mol. The number of hydrogen-bond acceptors (Lipinski definition) is 5. The van der Waals surface area contributed by atoms with Crippen molar-refractivity contribution in [1.82, 2.24) is 9.97 Å². The van der Waals surface area contributed by atoms with Crippen LogP contribution in [-0.2, 0) is 5.41 Å². The molecule has 0 bridgehead atoms. The fraction of sp³-hybridized carbons (Fsp3) is 0.667. The van der Waals surface area contributed by atoms with Gasteiger partial charge in [0.2, 0.25) is 0 Å². The summed E-state index contributed by atoms with van der Waals surface area (Å²) < 4.78 is 10.3. The van der Waals surface area contributed by atoms with Crippen molar-refractivity contribution >= 4 is 0 Å². The first-order valence-electron chi connectivity index (χ1n) is 5.91. The van der Waals surface area contributed by atoms with E-state index >= 15 is 0 Å². The van der Waals surface area contributed by atoms with Crippen LogP contribution in [0.1, 0.15) is 31.5 Å². The summed E-state index contributed by atoms with van der Waals surface area (Å²) in [5, 5.41) is 0. The molecule has 94 valence electrons. The molecule has 0 aromatic carbocycles. The molecule has 1 fully saturated rings. The molecule has 0 atom stereocenters. The largest absolute Gasteiger partial charge is 0.490 e. The lowest BCUT2D eigenvalue weighted by Crippen LogP contribution is -2.34. The van der Waals surface area contributed by atoms with Gasteiger partial charge in [-0.3, -0.25) is 0 Å². The second-order valence-corrected chi connectivity index (χ2v) is 4.46. The third kappa shape index (κ3) is 2.07. The molecule has 2 N–H and O–H groups in total. The lowest BCUT2D eigenvalue weighted by molar-refractivity contribution is 0.330. The van der Waals surface area contributed by atoms with E-state index in [0.717, 1.165) is 18.7 Å². The van der Waals surface area contributed by atoms with Crippen LogP contribution < -0.4 is 15.2 Å². The van der Waals surface area contributed by atoms with Crippen LogP contribution in [0, 0.1) is 0 Å². The molecule has 2 rings (SSSR count). The number of hydrogen-bond donors (Lipinski definition) is 1. The van der Waals surface area contributed by atoms with Gasteiger partial charge < -0.3 is 15.2 Å². The van der Waals surface area contributed by atoms with E-state index in [2.05, 4.69) is 9.97 Å². The number of nitrogens with zero attached hydrogens (tertiary/aromatic N) is 2. The fourth-order valence-corrected chi connectivity index (χ4v) is 2.47. The van der Waals surface area contributed by atoms with Gasteiger partial charge >= 0.3 is 0 Å². The van der Waals surface area contributed by atoms with Crippen molar-refractivity contribution in [3.05, 3.63) is 12.0 Å². The Morgan fingerprint density at radius 3 is 2.53 bits per heavy atom. The van der Waals surface area contributed by atoms with Gasteiger partial charge in [-0.15, -0.1) is 0 Å². The number of nitrogens with two attached hydrogens (primary N) is 1. The zero-order chi connectivity index (χ0) is 12.3. The summed E-state index contributed by atoms with van der Waals surface area (Å²) in [5.41, 5.74) is 5.84. The van der Waals surface area contributed by atoms with E-state index in [4.69, 9.17) is 15.2 Å². The molecule has 1 heterocycles. The van der Waals surface area contributed by atoms with Crippen molar-refractivity contribution in [2.75, 3.05) is 20.8 Å². The minimum absolute atomic E-state index is 0.0699. The van der Waals surface area contributed by atoms with Crippen LogP contribution in [0.2, 0.25) is 0 Å². The molecule has 1 aromatic heterocycles.